The molecule has 5 aromatic rings. The number of fused-ring (bicyclic) bond motifs is 4. The average molecular weight is 480 g/mol. The molecule has 0 saturated carbocycles. The van der Waals surface area contributed by atoms with E-state index in [0.717, 1.165) is 51.5 Å². The summed E-state index contributed by atoms with van der Waals surface area (Å²) in [6.07, 6.45) is 2.92. The maximum Gasteiger partial charge on any atom is 0.343 e. The van der Waals surface area contributed by atoms with Gasteiger partial charge in [-0.15, -0.1) is 0 Å². The first-order valence-electron chi connectivity index (χ1n) is 11.7. The molecule has 7 rings (SSSR count). The summed E-state index contributed by atoms with van der Waals surface area (Å²) < 4.78 is 30.6. The largest absolute Gasteiger partial charge is 0.497 e. The van der Waals surface area contributed by atoms with E-state index in [4.69, 9.17) is 23.7 Å². The number of benzene rings is 4. The Balaban J connectivity index is 1.46. The molecule has 2 aliphatic rings. The predicted molar refractivity (Wildman–Crippen MR) is 133 cm³/mol. The Bertz CT molecular complexity index is 1740. The normalized spacial score (nSPS) is 13.5. The van der Waals surface area contributed by atoms with Gasteiger partial charge < -0.3 is 23.7 Å². The monoisotopic (exact) mass is 480 g/mol. The van der Waals surface area contributed by atoms with Gasteiger partial charge in [-0.1, -0.05) is 6.07 Å². The van der Waals surface area contributed by atoms with Crippen LogP contribution in [0.1, 0.15) is 15.9 Å². The van der Waals surface area contributed by atoms with Gasteiger partial charge in [-0.05, 0) is 54.1 Å². The lowest BCUT2D eigenvalue weighted by molar-refractivity contribution is -0.670. The molecule has 0 unspecified atom stereocenters. The topological polar surface area (TPSA) is 67.1 Å². The molecule has 0 radical (unpaired) electrons. The van der Waals surface area contributed by atoms with Crippen molar-refractivity contribution in [2.75, 3.05) is 21.0 Å². The fourth-order valence-electron chi connectivity index (χ4n) is 5.40. The molecule has 0 amide bonds. The summed E-state index contributed by atoms with van der Waals surface area (Å²) in [6, 6.07) is 17.1. The van der Waals surface area contributed by atoms with Crippen LogP contribution in [0.25, 0.3) is 32.4 Å². The molecule has 2 aliphatic heterocycles. The SMILES string of the molecule is COc1cccc(C(=O)Oc2c(OC)ccc3c2c[n+]2c4c3ccc3c5c(cc(c34)CC2)OCO5)c1. The highest BCUT2D eigenvalue weighted by Crippen LogP contribution is 2.46. The number of pyridine rings is 1. The molecular weight excluding hydrogens is 458 g/mol. The minimum absolute atomic E-state index is 0.242. The minimum Gasteiger partial charge on any atom is -0.497 e. The third kappa shape index (κ3) is 2.92. The van der Waals surface area contributed by atoms with Crippen molar-refractivity contribution in [3.05, 3.63) is 71.9 Å². The maximum absolute atomic E-state index is 13.1. The number of esters is 1. The quantitative estimate of drug-likeness (QED) is 0.157. The summed E-state index contributed by atoms with van der Waals surface area (Å²) in [4.78, 5) is 13.1. The van der Waals surface area contributed by atoms with Gasteiger partial charge in [-0.3, -0.25) is 0 Å². The average Bonchev–Trinajstić information content (AvgIpc) is 3.40. The maximum atomic E-state index is 13.1. The van der Waals surface area contributed by atoms with Gasteiger partial charge in [-0.25, -0.2) is 4.79 Å². The summed E-state index contributed by atoms with van der Waals surface area (Å²) >= 11 is 0. The first-order chi connectivity index (χ1) is 17.7. The Hall–Kier alpha value is -4.52. The van der Waals surface area contributed by atoms with Crippen LogP contribution < -0.4 is 28.3 Å². The van der Waals surface area contributed by atoms with Crippen molar-refractivity contribution in [1.82, 2.24) is 0 Å². The van der Waals surface area contributed by atoms with E-state index in [-0.39, 0.29) is 6.79 Å². The summed E-state index contributed by atoms with van der Waals surface area (Å²) in [5.74, 6) is 2.60. The highest BCUT2D eigenvalue weighted by Gasteiger charge is 2.30. The number of aromatic nitrogens is 1. The van der Waals surface area contributed by atoms with Crippen molar-refractivity contribution in [2.24, 2.45) is 0 Å². The molecule has 0 N–H and O–H groups in total. The summed E-state index contributed by atoms with van der Waals surface area (Å²) in [7, 11) is 3.14. The molecule has 3 heterocycles. The Morgan fingerprint density at radius 3 is 2.64 bits per heavy atom. The standard InChI is InChI=1S/C29H22NO6/c1-32-18-5-3-4-17(12-18)29(31)36-28-22-14-30-11-10-16-13-24-27(35-15-34-24)21-7-6-20(26(30)25(16)21)19(22)8-9-23(28)33-2/h3-9,12-14H,10-11,15H2,1-2H3/q+1. The van der Waals surface area contributed by atoms with Crippen LogP contribution in [-0.4, -0.2) is 27.0 Å². The number of hydrogen-bond acceptors (Lipinski definition) is 6. The van der Waals surface area contributed by atoms with Crippen molar-refractivity contribution >= 4 is 38.4 Å². The smallest absolute Gasteiger partial charge is 0.343 e. The molecule has 36 heavy (non-hydrogen) atoms. The van der Waals surface area contributed by atoms with E-state index in [1.54, 1.807) is 38.5 Å². The fourth-order valence-corrected chi connectivity index (χ4v) is 5.40. The van der Waals surface area contributed by atoms with E-state index < -0.39 is 5.97 Å². The second kappa shape index (κ2) is 7.75. The van der Waals surface area contributed by atoms with Crippen molar-refractivity contribution < 1.29 is 33.0 Å². The molecule has 1 aromatic heterocycles. The molecule has 178 valence electrons. The zero-order valence-corrected chi connectivity index (χ0v) is 19.8. The Morgan fingerprint density at radius 1 is 0.917 bits per heavy atom. The van der Waals surface area contributed by atoms with E-state index in [2.05, 4.69) is 29.0 Å². The molecule has 4 aromatic carbocycles. The first-order valence-corrected chi connectivity index (χ1v) is 11.7. The molecule has 0 aliphatic carbocycles. The van der Waals surface area contributed by atoms with Gasteiger partial charge in [0.05, 0.1) is 35.9 Å². The van der Waals surface area contributed by atoms with Gasteiger partial charge in [0.15, 0.2) is 35.7 Å². The van der Waals surface area contributed by atoms with E-state index in [0.29, 0.717) is 22.8 Å². The minimum atomic E-state index is -0.480. The van der Waals surface area contributed by atoms with E-state index >= 15 is 0 Å². The molecule has 0 fully saturated rings. The van der Waals surface area contributed by atoms with Crippen LogP contribution in [0.5, 0.6) is 28.7 Å². The summed E-state index contributed by atoms with van der Waals surface area (Å²) in [5, 5.41) is 5.08. The van der Waals surface area contributed by atoms with Crippen LogP contribution >= 0.6 is 0 Å². The van der Waals surface area contributed by atoms with Crippen molar-refractivity contribution in [3.63, 3.8) is 0 Å². The number of nitrogens with zero attached hydrogens (tertiary/aromatic N) is 1. The second-order valence-corrected chi connectivity index (χ2v) is 8.91. The van der Waals surface area contributed by atoms with Crippen molar-refractivity contribution in [1.29, 1.82) is 0 Å². The van der Waals surface area contributed by atoms with Gasteiger partial charge in [0.1, 0.15) is 5.75 Å². The molecule has 0 atom stereocenters. The lowest BCUT2D eigenvalue weighted by Crippen LogP contribution is -2.38. The molecule has 0 bridgehead atoms. The predicted octanol–water partition coefficient (Wildman–Crippen LogP) is 4.95. The van der Waals surface area contributed by atoms with Gasteiger partial charge in [-0.2, -0.15) is 4.57 Å². The fraction of sp³-hybridized carbons (Fsp3) is 0.172. The van der Waals surface area contributed by atoms with Crippen LogP contribution in [0.4, 0.5) is 0 Å². The highest BCUT2D eigenvalue weighted by atomic mass is 16.7. The molecule has 7 nitrogen and oxygen atoms in total. The van der Waals surface area contributed by atoms with E-state index in [1.807, 2.05) is 12.1 Å². The van der Waals surface area contributed by atoms with Crippen LogP contribution in [0.2, 0.25) is 0 Å². The van der Waals surface area contributed by atoms with Crippen LogP contribution in [0.15, 0.2) is 60.8 Å². The molecular formula is C29H22NO6+. The van der Waals surface area contributed by atoms with Gasteiger partial charge in [0, 0.05) is 17.2 Å². The van der Waals surface area contributed by atoms with Crippen LogP contribution in [0, 0.1) is 0 Å². The first kappa shape index (κ1) is 20.8. The van der Waals surface area contributed by atoms with Gasteiger partial charge in [0.2, 0.25) is 12.3 Å². The lowest BCUT2D eigenvalue weighted by Gasteiger charge is -2.18. The number of ether oxygens (including phenoxy) is 5. The third-order valence-corrected chi connectivity index (χ3v) is 7.05. The van der Waals surface area contributed by atoms with Crippen LogP contribution in [0.3, 0.4) is 0 Å². The van der Waals surface area contributed by atoms with Crippen molar-refractivity contribution in [2.45, 2.75) is 13.0 Å². The Morgan fingerprint density at radius 2 is 1.78 bits per heavy atom. The molecule has 0 saturated heterocycles. The van der Waals surface area contributed by atoms with Crippen molar-refractivity contribution in [3.8, 4) is 28.7 Å². The molecule has 7 heteroatoms. The Labute approximate surface area is 206 Å². The number of rotatable bonds is 4. The number of carbonyl (C=O) groups is 1. The number of methoxy groups -OCH3 is 2. The van der Waals surface area contributed by atoms with E-state index in [1.165, 1.54) is 10.9 Å². The van der Waals surface area contributed by atoms with E-state index in [9.17, 15) is 4.79 Å². The van der Waals surface area contributed by atoms with Gasteiger partial charge >= 0.3 is 5.97 Å². The Kier molecular flexibility index (Phi) is 4.48. The van der Waals surface area contributed by atoms with Crippen LogP contribution in [-0.2, 0) is 13.0 Å². The zero-order valence-electron chi connectivity index (χ0n) is 19.8. The summed E-state index contributed by atoms with van der Waals surface area (Å²) in [5.41, 5.74) is 2.78. The lowest BCUT2D eigenvalue weighted by atomic mass is 9.93. The number of aryl methyl sites for hydroxylation is 2. The second-order valence-electron chi connectivity index (χ2n) is 8.91. The number of carbonyl (C=O) groups excluding carboxylic acids is 1. The highest BCUT2D eigenvalue weighted by molar-refractivity contribution is 6.17. The number of hydrogen-bond donors (Lipinski definition) is 0. The molecule has 0 spiro atoms. The third-order valence-electron chi connectivity index (χ3n) is 7.05. The zero-order chi connectivity index (χ0) is 24.4. The van der Waals surface area contributed by atoms with Gasteiger partial charge in [0.25, 0.3) is 0 Å². The summed E-state index contributed by atoms with van der Waals surface area (Å²) in [6.45, 7) is 1.03.